The maximum absolute atomic E-state index is 13.5. The minimum absolute atomic E-state index is 0.0439. The van der Waals surface area contributed by atoms with E-state index in [1.54, 1.807) is 0 Å². The average Bonchev–Trinajstić information content (AvgIpc) is 2.68. The van der Waals surface area contributed by atoms with E-state index >= 15 is 0 Å². The van der Waals surface area contributed by atoms with Crippen molar-refractivity contribution in [1.29, 1.82) is 0 Å². The van der Waals surface area contributed by atoms with Gasteiger partial charge in [-0.15, -0.1) is 0 Å². The molecule has 2 aromatic rings. The molecular weight excluding hydrogens is 415 g/mol. The molecule has 148 valence electrons. The van der Waals surface area contributed by atoms with E-state index in [4.69, 9.17) is 23.2 Å². The Morgan fingerprint density at radius 3 is 2.32 bits per heavy atom. The number of carbonyl (C=O) groups is 3. The zero-order valence-electron chi connectivity index (χ0n) is 14.5. The summed E-state index contributed by atoms with van der Waals surface area (Å²) in [6, 6.07) is 5.76. The average molecular weight is 430 g/mol. The minimum atomic E-state index is -1.27. The Morgan fingerprint density at radius 2 is 1.71 bits per heavy atom. The van der Waals surface area contributed by atoms with Crippen LogP contribution in [0.3, 0.4) is 0 Å². The molecule has 0 saturated carbocycles. The maximum atomic E-state index is 13.5. The van der Waals surface area contributed by atoms with Crippen LogP contribution in [0.15, 0.2) is 36.4 Å². The third-order valence-corrected chi connectivity index (χ3v) is 4.42. The number of hydrogen-bond donors (Lipinski definition) is 3. The zero-order chi connectivity index (χ0) is 20.8. The highest BCUT2D eigenvalue weighted by molar-refractivity contribution is 6.42. The molecule has 0 aromatic heterocycles. The highest BCUT2D eigenvalue weighted by Crippen LogP contribution is 2.22. The van der Waals surface area contributed by atoms with Crippen LogP contribution in [0.25, 0.3) is 0 Å². The first kappa shape index (κ1) is 21.6. The van der Waals surface area contributed by atoms with Gasteiger partial charge in [0, 0.05) is 12.6 Å². The number of hydrogen-bond acceptors (Lipinski definition) is 3. The van der Waals surface area contributed by atoms with E-state index in [2.05, 4.69) is 16.0 Å². The first-order valence-electron chi connectivity index (χ1n) is 7.92. The lowest BCUT2D eigenvalue weighted by atomic mass is 10.1. The molecule has 0 saturated heterocycles. The second-order valence-electron chi connectivity index (χ2n) is 5.60. The Labute approximate surface area is 169 Å². The van der Waals surface area contributed by atoms with Crippen LogP contribution in [0.2, 0.25) is 10.0 Å². The van der Waals surface area contributed by atoms with Gasteiger partial charge in [0.1, 0.15) is 6.04 Å². The van der Waals surface area contributed by atoms with E-state index in [1.807, 2.05) is 0 Å². The third kappa shape index (κ3) is 5.40. The van der Waals surface area contributed by atoms with E-state index < -0.39 is 41.9 Å². The summed E-state index contributed by atoms with van der Waals surface area (Å²) in [5.41, 5.74) is 0.230. The first-order chi connectivity index (χ1) is 13.2. The predicted molar refractivity (Wildman–Crippen MR) is 100 cm³/mol. The molecule has 0 fully saturated rings. The van der Waals surface area contributed by atoms with E-state index in [0.29, 0.717) is 0 Å². The summed E-state index contributed by atoms with van der Waals surface area (Å²) in [5.74, 6) is -4.19. The molecule has 2 rings (SSSR count). The van der Waals surface area contributed by atoms with Crippen LogP contribution in [0, 0.1) is 11.6 Å². The zero-order valence-corrected chi connectivity index (χ0v) is 16.0. The molecule has 0 heterocycles. The van der Waals surface area contributed by atoms with Crippen molar-refractivity contribution in [3.05, 3.63) is 69.2 Å². The molecule has 28 heavy (non-hydrogen) atoms. The summed E-state index contributed by atoms with van der Waals surface area (Å²) in [5, 5.41) is 7.49. The van der Waals surface area contributed by atoms with Gasteiger partial charge in [-0.1, -0.05) is 29.3 Å². The molecule has 0 radical (unpaired) electrons. The van der Waals surface area contributed by atoms with Crippen LogP contribution in [-0.4, -0.2) is 31.3 Å². The number of amides is 3. The van der Waals surface area contributed by atoms with E-state index in [1.165, 1.54) is 31.3 Å². The van der Waals surface area contributed by atoms with Crippen molar-refractivity contribution in [2.24, 2.45) is 0 Å². The van der Waals surface area contributed by atoms with Crippen molar-refractivity contribution in [3.63, 3.8) is 0 Å². The molecule has 1 atom stereocenters. The molecule has 0 aliphatic rings. The lowest BCUT2D eigenvalue weighted by Gasteiger charge is -2.18. The predicted octanol–water partition coefficient (Wildman–Crippen LogP) is 2.60. The van der Waals surface area contributed by atoms with Gasteiger partial charge in [0.2, 0.25) is 11.8 Å². The number of carbonyl (C=O) groups excluding carboxylic acids is 3. The molecule has 3 N–H and O–H groups in total. The fourth-order valence-electron chi connectivity index (χ4n) is 2.25. The quantitative estimate of drug-likeness (QED) is 0.659. The van der Waals surface area contributed by atoms with Gasteiger partial charge in [0.15, 0.2) is 11.6 Å². The van der Waals surface area contributed by atoms with Gasteiger partial charge in [-0.3, -0.25) is 14.4 Å². The number of benzene rings is 2. The molecule has 10 heteroatoms. The monoisotopic (exact) mass is 429 g/mol. The topological polar surface area (TPSA) is 87.3 Å². The van der Waals surface area contributed by atoms with Crippen LogP contribution in [0.5, 0.6) is 0 Å². The van der Waals surface area contributed by atoms with Crippen LogP contribution in [0.1, 0.15) is 22.0 Å². The van der Waals surface area contributed by atoms with Gasteiger partial charge in [0.05, 0.1) is 16.6 Å². The van der Waals surface area contributed by atoms with Crippen molar-refractivity contribution in [1.82, 2.24) is 16.0 Å². The summed E-state index contributed by atoms with van der Waals surface area (Å²) in [4.78, 5) is 36.2. The Balaban J connectivity index is 2.05. The number of rotatable bonds is 6. The standard InChI is InChI=1S/C18H15Cl2F2N3O3/c1-23-18(28)16(9-3-5-13(21)14(22)7-9)25-15(26)8-24-17(27)10-2-4-11(19)12(20)6-10/h2-7,16H,8H2,1H3,(H,23,28)(H,24,27)(H,25,26). The Morgan fingerprint density at radius 1 is 1.00 bits per heavy atom. The molecular formula is C18H15Cl2F2N3O3. The van der Waals surface area contributed by atoms with E-state index in [0.717, 1.165) is 12.1 Å². The number of halogens is 4. The molecule has 2 aromatic carbocycles. The largest absolute Gasteiger partial charge is 0.357 e. The van der Waals surface area contributed by atoms with Crippen molar-refractivity contribution in [3.8, 4) is 0 Å². The van der Waals surface area contributed by atoms with Gasteiger partial charge < -0.3 is 16.0 Å². The van der Waals surface area contributed by atoms with Crippen LogP contribution in [-0.2, 0) is 9.59 Å². The molecule has 0 aliphatic carbocycles. The SMILES string of the molecule is CNC(=O)C(NC(=O)CNC(=O)c1ccc(Cl)c(Cl)c1)c1ccc(F)c(F)c1. The second-order valence-corrected chi connectivity index (χ2v) is 6.41. The van der Waals surface area contributed by atoms with Gasteiger partial charge in [-0.05, 0) is 35.9 Å². The fourth-order valence-corrected chi connectivity index (χ4v) is 2.55. The molecule has 1 unspecified atom stereocenters. The van der Waals surface area contributed by atoms with Crippen LogP contribution in [0.4, 0.5) is 8.78 Å². The molecule has 0 bridgehead atoms. The highest BCUT2D eigenvalue weighted by atomic mass is 35.5. The second kappa shape index (κ2) is 9.48. The normalized spacial score (nSPS) is 11.5. The lowest BCUT2D eigenvalue weighted by Crippen LogP contribution is -2.43. The Bertz CT molecular complexity index is 925. The summed E-state index contributed by atoms with van der Waals surface area (Å²) in [6.45, 7) is -0.462. The minimum Gasteiger partial charge on any atom is -0.357 e. The number of likely N-dealkylation sites (N-methyl/N-ethyl adjacent to an activating group) is 1. The van der Waals surface area contributed by atoms with E-state index in [-0.39, 0.29) is 21.2 Å². The maximum Gasteiger partial charge on any atom is 0.251 e. The van der Waals surface area contributed by atoms with Crippen LogP contribution >= 0.6 is 23.2 Å². The van der Waals surface area contributed by atoms with Gasteiger partial charge in [-0.2, -0.15) is 0 Å². The Kier molecular flexibility index (Phi) is 7.31. The molecule has 0 spiro atoms. The summed E-state index contributed by atoms with van der Waals surface area (Å²) < 4.78 is 26.6. The van der Waals surface area contributed by atoms with Gasteiger partial charge >= 0.3 is 0 Å². The fraction of sp³-hybridized carbons (Fsp3) is 0.167. The van der Waals surface area contributed by atoms with Crippen molar-refractivity contribution >= 4 is 40.9 Å². The van der Waals surface area contributed by atoms with Crippen molar-refractivity contribution in [2.45, 2.75) is 6.04 Å². The summed E-state index contributed by atoms with van der Waals surface area (Å²) >= 11 is 11.6. The van der Waals surface area contributed by atoms with Gasteiger partial charge in [-0.25, -0.2) is 8.78 Å². The Hall–Kier alpha value is -2.71. The third-order valence-electron chi connectivity index (χ3n) is 3.68. The van der Waals surface area contributed by atoms with Crippen molar-refractivity contribution in [2.75, 3.05) is 13.6 Å². The van der Waals surface area contributed by atoms with Crippen LogP contribution < -0.4 is 16.0 Å². The summed E-state index contributed by atoms with van der Waals surface area (Å²) in [7, 11) is 1.33. The first-order valence-corrected chi connectivity index (χ1v) is 8.67. The molecule has 3 amide bonds. The number of nitrogens with one attached hydrogen (secondary N) is 3. The highest BCUT2D eigenvalue weighted by Gasteiger charge is 2.23. The molecule has 6 nitrogen and oxygen atoms in total. The summed E-state index contributed by atoms with van der Waals surface area (Å²) in [6.07, 6.45) is 0. The molecule has 0 aliphatic heterocycles. The lowest BCUT2D eigenvalue weighted by molar-refractivity contribution is -0.128. The van der Waals surface area contributed by atoms with Gasteiger partial charge in [0.25, 0.3) is 5.91 Å². The van der Waals surface area contributed by atoms with E-state index in [9.17, 15) is 23.2 Å². The van der Waals surface area contributed by atoms with Crippen molar-refractivity contribution < 1.29 is 23.2 Å². The smallest absolute Gasteiger partial charge is 0.251 e.